The zero-order chi connectivity index (χ0) is 19.3. The summed E-state index contributed by atoms with van der Waals surface area (Å²) < 4.78 is 38.2. The van der Waals surface area contributed by atoms with Crippen LogP contribution >= 0.6 is 0 Å². The zero-order valence-corrected chi connectivity index (χ0v) is 15.0. The van der Waals surface area contributed by atoms with Crippen LogP contribution in [0.5, 0.6) is 17.2 Å². The van der Waals surface area contributed by atoms with E-state index < -0.39 is 21.7 Å². The molecule has 0 aliphatic rings. The first-order valence-electron chi connectivity index (χ1n) is 7.77. The quantitative estimate of drug-likeness (QED) is 0.642. The van der Waals surface area contributed by atoms with E-state index in [1.54, 1.807) is 13.8 Å². The van der Waals surface area contributed by atoms with Gasteiger partial charge in [0.1, 0.15) is 11.3 Å². The largest absolute Gasteiger partial charge is 0.507 e. The van der Waals surface area contributed by atoms with E-state index in [-0.39, 0.29) is 16.1 Å². The lowest BCUT2D eigenvalue weighted by Gasteiger charge is -2.14. The molecule has 2 aromatic carbocycles. The standard InChI is InChI=1S/C17H19NO7S/c1-3-24-15-8-6-12(10-16(15)25-4-2)26(22,23)18-11-5-7-13(17(20)21)14(19)9-11/h5-10,18-19H,3-4H2,1-2H3,(H,20,21). The molecule has 0 aliphatic carbocycles. The molecular formula is C17H19NO7S. The molecule has 0 fully saturated rings. The van der Waals surface area contributed by atoms with Gasteiger partial charge in [-0.3, -0.25) is 4.72 Å². The van der Waals surface area contributed by atoms with Crippen LogP contribution in [0, 0.1) is 0 Å². The molecule has 0 unspecified atom stereocenters. The molecule has 2 aromatic rings. The molecule has 2 rings (SSSR count). The fraction of sp³-hybridized carbons (Fsp3) is 0.235. The number of carboxylic acids is 1. The first-order valence-corrected chi connectivity index (χ1v) is 9.25. The minimum absolute atomic E-state index is 0.0272. The predicted octanol–water partition coefficient (Wildman–Crippen LogP) is 2.69. The molecule has 140 valence electrons. The topological polar surface area (TPSA) is 122 Å². The van der Waals surface area contributed by atoms with Crippen molar-refractivity contribution in [3.05, 3.63) is 42.0 Å². The summed E-state index contributed by atoms with van der Waals surface area (Å²) in [5.74, 6) is -1.14. The van der Waals surface area contributed by atoms with Gasteiger partial charge in [-0.25, -0.2) is 13.2 Å². The van der Waals surface area contributed by atoms with E-state index in [0.29, 0.717) is 24.7 Å². The monoisotopic (exact) mass is 381 g/mol. The summed E-state index contributed by atoms with van der Waals surface area (Å²) in [6.45, 7) is 4.30. The van der Waals surface area contributed by atoms with Crippen molar-refractivity contribution < 1.29 is 32.9 Å². The van der Waals surface area contributed by atoms with Gasteiger partial charge in [-0.2, -0.15) is 0 Å². The maximum Gasteiger partial charge on any atom is 0.339 e. The highest BCUT2D eigenvalue weighted by molar-refractivity contribution is 7.92. The average Bonchev–Trinajstić information content (AvgIpc) is 2.56. The number of sulfonamides is 1. The number of phenols is 1. The van der Waals surface area contributed by atoms with E-state index >= 15 is 0 Å². The fourth-order valence-electron chi connectivity index (χ4n) is 2.19. The van der Waals surface area contributed by atoms with Gasteiger partial charge in [-0.05, 0) is 38.1 Å². The molecule has 0 aromatic heterocycles. The average molecular weight is 381 g/mol. The molecule has 8 nitrogen and oxygen atoms in total. The van der Waals surface area contributed by atoms with Crippen molar-refractivity contribution in [2.24, 2.45) is 0 Å². The Labute approximate surface area is 151 Å². The number of aromatic carboxylic acids is 1. The summed E-state index contributed by atoms with van der Waals surface area (Å²) in [4.78, 5) is 10.8. The van der Waals surface area contributed by atoms with Gasteiger partial charge in [-0.1, -0.05) is 0 Å². The van der Waals surface area contributed by atoms with E-state index in [9.17, 15) is 18.3 Å². The van der Waals surface area contributed by atoms with Crippen molar-refractivity contribution in [1.82, 2.24) is 0 Å². The lowest BCUT2D eigenvalue weighted by Crippen LogP contribution is -2.13. The third-order valence-electron chi connectivity index (χ3n) is 3.31. The number of benzene rings is 2. The Morgan fingerprint density at radius 3 is 2.27 bits per heavy atom. The molecular weight excluding hydrogens is 362 g/mol. The number of carboxylic acid groups (broad SMARTS) is 1. The fourth-order valence-corrected chi connectivity index (χ4v) is 3.25. The van der Waals surface area contributed by atoms with Crippen LogP contribution in [-0.4, -0.2) is 37.8 Å². The highest BCUT2D eigenvalue weighted by Crippen LogP contribution is 2.31. The molecule has 0 saturated carbocycles. The number of aromatic hydroxyl groups is 1. The Balaban J connectivity index is 2.34. The summed E-state index contributed by atoms with van der Waals surface area (Å²) >= 11 is 0. The smallest absolute Gasteiger partial charge is 0.339 e. The van der Waals surface area contributed by atoms with Crippen LogP contribution in [0.1, 0.15) is 24.2 Å². The van der Waals surface area contributed by atoms with Gasteiger partial charge in [-0.15, -0.1) is 0 Å². The van der Waals surface area contributed by atoms with Crippen LogP contribution < -0.4 is 14.2 Å². The summed E-state index contributed by atoms with van der Waals surface area (Å²) in [5.41, 5.74) is -0.299. The summed E-state index contributed by atoms with van der Waals surface area (Å²) in [6, 6.07) is 7.58. The Morgan fingerprint density at radius 2 is 1.69 bits per heavy atom. The van der Waals surface area contributed by atoms with Crippen LogP contribution in [0.2, 0.25) is 0 Å². The van der Waals surface area contributed by atoms with E-state index in [1.807, 2.05) is 0 Å². The SMILES string of the molecule is CCOc1ccc(S(=O)(=O)Nc2ccc(C(=O)O)c(O)c2)cc1OCC. The number of hydrogen-bond donors (Lipinski definition) is 3. The molecule has 9 heteroatoms. The normalized spacial score (nSPS) is 11.0. The third kappa shape index (κ3) is 4.37. The second-order valence-electron chi connectivity index (χ2n) is 5.12. The molecule has 0 spiro atoms. The highest BCUT2D eigenvalue weighted by atomic mass is 32.2. The number of nitrogens with one attached hydrogen (secondary N) is 1. The minimum Gasteiger partial charge on any atom is -0.507 e. The summed E-state index contributed by atoms with van der Waals surface area (Å²) in [7, 11) is -3.98. The third-order valence-corrected chi connectivity index (χ3v) is 4.68. The molecule has 0 atom stereocenters. The number of anilines is 1. The van der Waals surface area contributed by atoms with Gasteiger partial charge in [0.05, 0.1) is 23.8 Å². The van der Waals surface area contributed by atoms with Crippen LogP contribution in [0.4, 0.5) is 5.69 Å². The van der Waals surface area contributed by atoms with Gasteiger partial charge in [0, 0.05) is 12.1 Å². The zero-order valence-electron chi connectivity index (χ0n) is 14.2. The number of carbonyl (C=O) groups is 1. The van der Waals surface area contributed by atoms with Gasteiger partial charge >= 0.3 is 5.97 Å². The molecule has 3 N–H and O–H groups in total. The number of rotatable bonds is 8. The van der Waals surface area contributed by atoms with Crippen LogP contribution in [0.3, 0.4) is 0 Å². The van der Waals surface area contributed by atoms with Crippen LogP contribution in [0.25, 0.3) is 0 Å². The Bertz CT molecular complexity index is 909. The number of hydrogen-bond acceptors (Lipinski definition) is 6. The lowest BCUT2D eigenvalue weighted by molar-refractivity contribution is 0.0694. The molecule has 0 heterocycles. The molecule has 26 heavy (non-hydrogen) atoms. The van der Waals surface area contributed by atoms with Crippen molar-refractivity contribution in [3.63, 3.8) is 0 Å². The first kappa shape index (κ1) is 19.4. The van der Waals surface area contributed by atoms with Crippen molar-refractivity contribution in [2.45, 2.75) is 18.7 Å². The van der Waals surface area contributed by atoms with Gasteiger partial charge in [0.2, 0.25) is 0 Å². The maximum atomic E-state index is 12.6. The van der Waals surface area contributed by atoms with Crippen molar-refractivity contribution in [2.75, 3.05) is 17.9 Å². The Kier molecular flexibility index (Phi) is 5.93. The van der Waals surface area contributed by atoms with Crippen molar-refractivity contribution >= 4 is 21.7 Å². The second kappa shape index (κ2) is 7.96. The Morgan fingerprint density at radius 1 is 1.04 bits per heavy atom. The summed E-state index contributed by atoms with van der Waals surface area (Å²) in [6.07, 6.45) is 0. The Hall–Kier alpha value is -2.94. The summed E-state index contributed by atoms with van der Waals surface area (Å²) in [5, 5.41) is 18.6. The van der Waals surface area contributed by atoms with Gasteiger partial charge < -0.3 is 19.7 Å². The molecule has 0 radical (unpaired) electrons. The first-order chi connectivity index (χ1) is 12.3. The van der Waals surface area contributed by atoms with E-state index in [1.165, 1.54) is 24.3 Å². The van der Waals surface area contributed by atoms with Crippen molar-refractivity contribution in [1.29, 1.82) is 0 Å². The maximum absolute atomic E-state index is 12.6. The number of ether oxygens (including phenoxy) is 2. The van der Waals surface area contributed by atoms with E-state index in [0.717, 1.165) is 12.1 Å². The highest BCUT2D eigenvalue weighted by Gasteiger charge is 2.19. The van der Waals surface area contributed by atoms with Gasteiger partial charge in [0.25, 0.3) is 10.0 Å². The predicted molar refractivity (Wildman–Crippen MR) is 94.7 cm³/mol. The van der Waals surface area contributed by atoms with E-state index in [2.05, 4.69) is 4.72 Å². The van der Waals surface area contributed by atoms with Crippen molar-refractivity contribution in [3.8, 4) is 17.2 Å². The minimum atomic E-state index is -3.98. The van der Waals surface area contributed by atoms with Crippen LogP contribution in [0.15, 0.2) is 41.3 Å². The molecule has 0 amide bonds. The van der Waals surface area contributed by atoms with Crippen LogP contribution in [-0.2, 0) is 10.0 Å². The molecule has 0 bridgehead atoms. The second-order valence-corrected chi connectivity index (χ2v) is 6.80. The lowest BCUT2D eigenvalue weighted by atomic mass is 10.2. The molecule has 0 saturated heterocycles. The van der Waals surface area contributed by atoms with E-state index in [4.69, 9.17) is 14.6 Å². The van der Waals surface area contributed by atoms with Gasteiger partial charge in [0.15, 0.2) is 11.5 Å². The molecule has 0 aliphatic heterocycles.